The summed E-state index contributed by atoms with van der Waals surface area (Å²) in [4.78, 5) is 14.3. The smallest absolute Gasteiger partial charge is 1.00 e. The van der Waals surface area contributed by atoms with Gasteiger partial charge in [0.05, 0.1) is 0 Å². The van der Waals surface area contributed by atoms with Crippen LogP contribution in [0.1, 0.15) is 1.43 Å². The predicted molar refractivity (Wildman–Crippen MR) is 12.0 cm³/mol. The van der Waals surface area contributed by atoms with E-state index in [1.165, 1.54) is 0 Å². The Morgan fingerprint density at radius 2 is 1.50 bits per heavy atom. The molecule has 0 amide bonds. The van der Waals surface area contributed by atoms with Gasteiger partial charge in [0.15, 0.2) is 0 Å². The fourth-order valence-electron chi connectivity index (χ4n) is 0. The summed E-state index contributed by atoms with van der Waals surface area (Å²) in [6.07, 6.45) is 0. The first-order chi connectivity index (χ1) is 1.73. The zero-order valence-corrected chi connectivity index (χ0v) is 8.17. The minimum Gasteiger partial charge on any atom is -1.00 e. The molecule has 1 radical (unpaired) electrons. The van der Waals surface area contributed by atoms with Gasteiger partial charge in [-0.1, -0.05) is 0 Å². The van der Waals surface area contributed by atoms with Crippen LogP contribution in [0.5, 0.6) is 0 Å². The van der Waals surface area contributed by atoms with Gasteiger partial charge in [-0.15, -0.1) is 0 Å². The summed E-state index contributed by atoms with van der Waals surface area (Å²) in [5, 5.41) is 0. The van der Waals surface area contributed by atoms with Crippen LogP contribution in [0, 0.1) is 0 Å². The van der Waals surface area contributed by atoms with E-state index in [9.17, 15) is 0 Å². The molecule has 6 heteroatoms. The van der Waals surface area contributed by atoms with Crippen molar-refractivity contribution in [2.45, 2.75) is 0 Å². The summed E-state index contributed by atoms with van der Waals surface area (Å²) < 4.78 is 8.74. The molecule has 6 heavy (non-hydrogen) atoms. The first-order valence-corrected chi connectivity index (χ1v) is 1.95. The maximum Gasteiger partial charge on any atom is 1.00 e. The Labute approximate surface area is 91.4 Å². The predicted octanol–water partition coefficient (Wildman–Crippen LogP) is -4.50. The van der Waals surface area contributed by atoms with Crippen molar-refractivity contribution < 1.29 is 83.9 Å². The third kappa shape index (κ3) is 41.8. The van der Waals surface area contributed by atoms with Crippen molar-refractivity contribution in [3.63, 3.8) is 0 Å². The molecule has 2 N–H and O–H groups in total. The molecule has 0 atom stereocenters. The van der Waals surface area contributed by atoms with E-state index in [0.29, 0.717) is 0 Å². The van der Waals surface area contributed by atoms with E-state index in [-0.39, 0.29) is 69.9 Å². The Morgan fingerprint density at radius 3 is 1.50 bits per heavy atom. The standard InChI is InChI=1S/Cu.K.H2O3Si.H/c;;1-4(2)3;/h;;1-2H;/q;+1;;-1. The number of hydrogen-bond acceptors (Lipinski definition) is 1. The largest absolute Gasteiger partial charge is 1.00 e. The Morgan fingerprint density at radius 1 is 1.50 bits per heavy atom. The second kappa shape index (κ2) is 9.91. The summed E-state index contributed by atoms with van der Waals surface area (Å²) in [6.45, 7) is 0. The molecule has 0 heterocycles. The monoisotopic (exact) mass is 181 g/mol. The van der Waals surface area contributed by atoms with E-state index in [1.807, 2.05) is 0 Å². The van der Waals surface area contributed by atoms with Crippen LogP contribution in [-0.4, -0.2) is 18.8 Å². The molecule has 0 bridgehead atoms. The van der Waals surface area contributed by atoms with Gasteiger partial charge in [-0.25, -0.2) is 0 Å². The van der Waals surface area contributed by atoms with Crippen LogP contribution in [0.2, 0.25) is 0 Å². The van der Waals surface area contributed by atoms with E-state index < -0.39 is 9.17 Å². The van der Waals surface area contributed by atoms with Gasteiger partial charge < -0.3 is 11.0 Å². The molecule has 0 aliphatic heterocycles. The molecule has 0 aromatic rings. The number of hydrogen-bond donors (Lipinski definition) is 2. The molecule has 0 aromatic carbocycles. The Balaban J connectivity index is -0.0000000150. The van der Waals surface area contributed by atoms with E-state index >= 15 is 0 Å². The fraction of sp³-hybridized carbons (Fsp3) is 0. The molecule has 0 unspecified atom stereocenters. The molecule has 0 fully saturated rings. The average molecular weight is 182 g/mol. The van der Waals surface area contributed by atoms with Gasteiger partial charge in [0.25, 0.3) is 0 Å². The van der Waals surface area contributed by atoms with Gasteiger partial charge in [0.2, 0.25) is 0 Å². The van der Waals surface area contributed by atoms with E-state index in [2.05, 4.69) is 0 Å². The molecular formula is H3CuKO3Si. The topological polar surface area (TPSA) is 57.5 Å². The van der Waals surface area contributed by atoms with Gasteiger partial charge in [-0.2, -0.15) is 0 Å². The molecule has 3 nitrogen and oxygen atoms in total. The summed E-state index contributed by atoms with van der Waals surface area (Å²) in [7, 11) is -3.13. The van der Waals surface area contributed by atoms with Crippen molar-refractivity contribution in [3.8, 4) is 0 Å². The van der Waals surface area contributed by atoms with Crippen molar-refractivity contribution in [3.05, 3.63) is 0 Å². The molecule has 0 aliphatic rings. The third-order valence-corrected chi connectivity index (χ3v) is 0. The van der Waals surface area contributed by atoms with Crippen molar-refractivity contribution in [1.29, 1.82) is 0 Å². The first-order valence-electron chi connectivity index (χ1n) is 0.651. The van der Waals surface area contributed by atoms with Crippen LogP contribution in [0.4, 0.5) is 0 Å². The van der Waals surface area contributed by atoms with Crippen molar-refractivity contribution in [2.24, 2.45) is 0 Å². The SMILES string of the molecule is O=[Si](O)O.[Cu].[H-].[K+]. The fourth-order valence-corrected chi connectivity index (χ4v) is 0. The average Bonchev–Trinajstić information content (AvgIpc) is 0.811. The van der Waals surface area contributed by atoms with Crippen LogP contribution < -0.4 is 51.4 Å². The van der Waals surface area contributed by atoms with Crippen molar-refractivity contribution in [2.75, 3.05) is 0 Å². The minimum absolute atomic E-state index is 0. The van der Waals surface area contributed by atoms with Crippen LogP contribution in [0.3, 0.4) is 0 Å². The summed E-state index contributed by atoms with van der Waals surface area (Å²) in [6, 6.07) is 0. The normalized spacial score (nSPS) is 4.00. The summed E-state index contributed by atoms with van der Waals surface area (Å²) in [5.41, 5.74) is 0. The maximum absolute atomic E-state index is 8.74. The number of rotatable bonds is 0. The molecule has 0 saturated heterocycles. The van der Waals surface area contributed by atoms with E-state index in [4.69, 9.17) is 14.1 Å². The molecular weight excluding hydrogens is 179 g/mol. The Hall–Kier alpha value is 1.77. The molecule has 37 valence electrons. The van der Waals surface area contributed by atoms with E-state index in [0.717, 1.165) is 0 Å². The van der Waals surface area contributed by atoms with Crippen molar-refractivity contribution >= 4 is 9.17 Å². The zero-order chi connectivity index (χ0) is 3.58. The van der Waals surface area contributed by atoms with Gasteiger partial charge in [0.1, 0.15) is 0 Å². The molecule has 0 rings (SSSR count). The van der Waals surface area contributed by atoms with E-state index in [1.54, 1.807) is 0 Å². The van der Waals surface area contributed by atoms with Gasteiger partial charge >= 0.3 is 60.6 Å². The van der Waals surface area contributed by atoms with Gasteiger partial charge in [-0.3, -0.25) is 4.46 Å². The van der Waals surface area contributed by atoms with Crippen LogP contribution in [-0.2, 0) is 21.5 Å². The first kappa shape index (κ1) is 15.7. The van der Waals surface area contributed by atoms with Crippen LogP contribution in [0.25, 0.3) is 0 Å². The minimum atomic E-state index is -3.13. The van der Waals surface area contributed by atoms with Crippen LogP contribution >= 0.6 is 0 Å². The van der Waals surface area contributed by atoms with Crippen molar-refractivity contribution in [1.82, 2.24) is 0 Å². The molecule has 0 saturated carbocycles. The quantitative estimate of drug-likeness (QED) is 0.371. The zero-order valence-electron chi connectivity index (χ0n) is 4.10. The molecule has 0 spiro atoms. The van der Waals surface area contributed by atoms with Gasteiger partial charge in [-0.05, 0) is 0 Å². The molecule has 0 aliphatic carbocycles. The molecule has 0 aromatic heterocycles. The Kier molecular flexibility index (Phi) is 25.8. The third-order valence-electron chi connectivity index (χ3n) is 0. The second-order valence-electron chi connectivity index (χ2n) is 0.283. The van der Waals surface area contributed by atoms with Crippen LogP contribution in [0.15, 0.2) is 0 Å². The summed E-state index contributed by atoms with van der Waals surface area (Å²) >= 11 is 0. The maximum atomic E-state index is 8.74. The van der Waals surface area contributed by atoms with Gasteiger partial charge in [0, 0.05) is 17.1 Å². The summed E-state index contributed by atoms with van der Waals surface area (Å²) in [5.74, 6) is 0. The Bertz CT molecular complexity index is 37.9. The second-order valence-corrected chi connectivity index (χ2v) is 0.848.